The van der Waals surface area contributed by atoms with Gasteiger partial charge in [0.25, 0.3) is 5.91 Å². The van der Waals surface area contributed by atoms with Gasteiger partial charge in [-0.1, -0.05) is 12.1 Å². The Kier molecular flexibility index (Phi) is 4.87. The molecule has 0 bridgehead atoms. The van der Waals surface area contributed by atoms with Crippen molar-refractivity contribution in [1.82, 2.24) is 4.90 Å². The average Bonchev–Trinajstić information content (AvgIpc) is 3.04. The van der Waals surface area contributed by atoms with Crippen LogP contribution in [0.3, 0.4) is 0 Å². The van der Waals surface area contributed by atoms with Gasteiger partial charge in [-0.3, -0.25) is 9.59 Å². The Balaban J connectivity index is 1.55. The Labute approximate surface area is 152 Å². The standard InChI is InChI=1S/C16H17BrN2O4S/c1-16-7-6-14(21)19(16)12(9-24-16)15(22)23-8-13(20)18-11-5-3-2-4-10(11)17/h2-5,12H,6-9H2,1H3,(H,18,20)/t12-,16-/m1/s1. The Morgan fingerprint density at radius 1 is 1.46 bits per heavy atom. The van der Waals surface area contributed by atoms with Crippen LogP contribution in [0.5, 0.6) is 0 Å². The van der Waals surface area contributed by atoms with Gasteiger partial charge in [0.05, 0.1) is 10.6 Å². The fourth-order valence-electron chi connectivity index (χ4n) is 2.98. The third kappa shape index (κ3) is 3.30. The lowest BCUT2D eigenvalue weighted by atomic mass is 10.2. The maximum Gasteiger partial charge on any atom is 0.330 e. The lowest BCUT2D eigenvalue weighted by Gasteiger charge is -2.29. The van der Waals surface area contributed by atoms with Crippen molar-refractivity contribution in [3.05, 3.63) is 28.7 Å². The first-order chi connectivity index (χ1) is 11.4. The van der Waals surface area contributed by atoms with E-state index in [4.69, 9.17) is 4.74 Å². The summed E-state index contributed by atoms with van der Waals surface area (Å²) in [6.07, 6.45) is 1.19. The largest absolute Gasteiger partial charge is 0.454 e. The first-order valence-corrected chi connectivity index (χ1v) is 9.36. The topological polar surface area (TPSA) is 75.7 Å². The minimum Gasteiger partial charge on any atom is -0.454 e. The summed E-state index contributed by atoms with van der Waals surface area (Å²) in [4.78, 5) is 37.5. The molecule has 0 saturated carbocycles. The molecular weight excluding hydrogens is 396 g/mol. The maximum atomic E-state index is 12.3. The number of nitrogens with zero attached hydrogens (tertiary/aromatic N) is 1. The monoisotopic (exact) mass is 412 g/mol. The molecule has 0 aromatic heterocycles. The van der Waals surface area contributed by atoms with Crippen LogP contribution in [0.4, 0.5) is 5.69 Å². The number of fused-ring (bicyclic) bond motifs is 1. The number of para-hydroxylation sites is 1. The van der Waals surface area contributed by atoms with Crippen molar-refractivity contribution in [3.63, 3.8) is 0 Å². The summed E-state index contributed by atoms with van der Waals surface area (Å²) in [5.41, 5.74) is 0.609. The molecule has 0 spiro atoms. The molecule has 2 fully saturated rings. The first kappa shape index (κ1) is 17.3. The van der Waals surface area contributed by atoms with Gasteiger partial charge in [-0.05, 0) is 41.4 Å². The number of esters is 1. The number of hydrogen-bond acceptors (Lipinski definition) is 5. The van der Waals surface area contributed by atoms with E-state index < -0.39 is 17.9 Å². The summed E-state index contributed by atoms with van der Waals surface area (Å²) in [6, 6.07) is 6.57. The maximum absolute atomic E-state index is 12.3. The zero-order chi connectivity index (χ0) is 17.3. The number of carbonyl (C=O) groups excluding carboxylic acids is 3. The van der Waals surface area contributed by atoms with Crippen LogP contribution in [0.1, 0.15) is 19.8 Å². The van der Waals surface area contributed by atoms with E-state index in [9.17, 15) is 14.4 Å². The van der Waals surface area contributed by atoms with Crippen molar-refractivity contribution in [3.8, 4) is 0 Å². The second-order valence-electron chi connectivity index (χ2n) is 5.90. The number of thioether (sulfide) groups is 1. The molecule has 2 aliphatic heterocycles. The Bertz CT molecular complexity index is 698. The zero-order valence-electron chi connectivity index (χ0n) is 13.1. The lowest BCUT2D eigenvalue weighted by Crippen LogP contribution is -2.47. The normalized spacial score (nSPS) is 25.5. The Morgan fingerprint density at radius 3 is 2.96 bits per heavy atom. The molecule has 2 amide bonds. The van der Waals surface area contributed by atoms with Crippen molar-refractivity contribution >= 4 is 51.2 Å². The van der Waals surface area contributed by atoms with Crippen LogP contribution in [0.2, 0.25) is 0 Å². The molecule has 2 saturated heterocycles. The zero-order valence-corrected chi connectivity index (χ0v) is 15.5. The molecule has 8 heteroatoms. The number of hydrogen-bond donors (Lipinski definition) is 1. The third-order valence-electron chi connectivity index (χ3n) is 4.21. The van der Waals surface area contributed by atoms with Gasteiger partial charge in [0.2, 0.25) is 5.91 Å². The number of carbonyl (C=O) groups is 3. The first-order valence-electron chi connectivity index (χ1n) is 7.58. The van der Waals surface area contributed by atoms with E-state index >= 15 is 0 Å². The second kappa shape index (κ2) is 6.76. The van der Waals surface area contributed by atoms with Crippen molar-refractivity contribution in [2.75, 3.05) is 17.7 Å². The highest BCUT2D eigenvalue weighted by Gasteiger charge is 2.53. The molecule has 0 aliphatic carbocycles. The van der Waals surface area contributed by atoms with E-state index in [1.807, 2.05) is 13.0 Å². The summed E-state index contributed by atoms with van der Waals surface area (Å²) < 4.78 is 5.87. The van der Waals surface area contributed by atoms with E-state index in [-0.39, 0.29) is 17.4 Å². The van der Waals surface area contributed by atoms with E-state index in [0.717, 1.165) is 10.9 Å². The highest BCUT2D eigenvalue weighted by Crippen LogP contribution is 2.47. The quantitative estimate of drug-likeness (QED) is 0.768. The molecule has 2 atom stereocenters. The number of amides is 2. The predicted octanol–water partition coefficient (Wildman–Crippen LogP) is 2.38. The number of halogens is 1. The summed E-state index contributed by atoms with van der Waals surface area (Å²) >= 11 is 4.92. The number of rotatable bonds is 4. The van der Waals surface area contributed by atoms with E-state index in [1.54, 1.807) is 34.9 Å². The fourth-order valence-corrected chi connectivity index (χ4v) is 4.78. The number of anilines is 1. The molecule has 1 aromatic rings. The van der Waals surface area contributed by atoms with Crippen LogP contribution in [-0.4, -0.2) is 46.0 Å². The Hall–Kier alpha value is -1.54. The van der Waals surface area contributed by atoms with Crippen molar-refractivity contribution < 1.29 is 19.1 Å². The minimum absolute atomic E-state index is 0.0258. The molecule has 1 N–H and O–H groups in total. The molecule has 2 aliphatic rings. The van der Waals surface area contributed by atoms with Gasteiger partial charge in [-0.25, -0.2) is 4.79 Å². The van der Waals surface area contributed by atoms with Gasteiger partial charge in [0.1, 0.15) is 6.04 Å². The molecule has 1 aromatic carbocycles. The third-order valence-corrected chi connectivity index (χ3v) is 6.41. The molecule has 0 unspecified atom stereocenters. The molecule has 0 radical (unpaired) electrons. The van der Waals surface area contributed by atoms with Gasteiger partial charge >= 0.3 is 5.97 Å². The molecule has 128 valence electrons. The van der Waals surface area contributed by atoms with Gasteiger partial charge in [-0.15, -0.1) is 11.8 Å². The average molecular weight is 413 g/mol. The van der Waals surface area contributed by atoms with Crippen molar-refractivity contribution in [1.29, 1.82) is 0 Å². The van der Waals surface area contributed by atoms with Crippen LogP contribution in [0.15, 0.2) is 28.7 Å². The summed E-state index contributed by atoms with van der Waals surface area (Å²) in [5.74, 6) is -0.463. The predicted molar refractivity (Wildman–Crippen MR) is 94.5 cm³/mol. The second-order valence-corrected chi connectivity index (χ2v) is 8.26. The number of benzene rings is 1. The van der Waals surface area contributed by atoms with Crippen LogP contribution >= 0.6 is 27.7 Å². The lowest BCUT2D eigenvalue weighted by molar-refractivity contribution is -0.155. The van der Waals surface area contributed by atoms with Crippen LogP contribution in [0.25, 0.3) is 0 Å². The van der Waals surface area contributed by atoms with Gasteiger partial charge in [0, 0.05) is 16.6 Å². The van der Waals surface area contributed by atoms with Crippen molar-refractivity contribution in [2.45, 2.75) is 30.7 Å². The highest BCUT2D eigenvalue weighted by molar-refractivity contribution is 9.10. The van der Waals surface area contributed by atoms with Gasteiger partial charge < -0.3 is 15.0 Å². The molecule has 3 rings (SSSR count). The SMILES string of the molecule is C[C@@]12CCC(=O)N1[C@@H](C(=O)OCC(=O)Nc1ccccc1Br)CS2. The summed E-state index contributed by atoms with van der Waals surface area (Å²) in [7, 11) is 0. The van der Waals surface area contributed by atoms with Crippen LogP contribution < -0.4 is 5.32 Å². The summed E-state index contributed by atoms with van der Waals surface area (Å²) in [6.45, 7) is 1.59. The molecule has 24 heavy (non-hydrogen) atoms. The Morgan fingerprint density at radius 2 is 2.21 bits per heavy atom. The minimum atomic E-state index is -0.605. The van der Waals surface area contributed by atoms with E-state index in [1.165, 1.54) is 0 Å². The van der Waals surface area contributed by atoms with Crippen LogP contribution in [-0.2, 0) is 19.1 Å². The van der Waals surface area contributed by atoms with Gasteiger partial charge in [-0.2, -0.15) is 0 Å². The fraction of sp³-hybridized carbons (Fsp3) is 0.438. The highest BCUT2D eigenvalue weighted by atomic mass is 79.9. The number of ether oxygens (including phenoxy) is 1. The molecule has 2 heterocycles. The van der Waals surface area contributed by atoms with Crippen LogP contribution in [0, 0.1) is 0 Å². The van der Waals surface area contributed by atoms with Crippen molar-refractivity contribution in [2.24, 2.45) is 0 Å². The molecule has 6 nitrogen and oxygen atoms in total. The smallest absolute Gasteiger partial charge is 0.330 e. The van der Waals surface area contributed by atoms with E-state index in [2.05, 4.69) is 21.2 Å². The van der Waals surface area contributed by atoms with E-state index in [0.29, 0.717) is 17.9 Å². The summed E-state index contributed by atoms with van der Waals surface area (Å²) in [5, 5.41) is 2.67. The van der Waals surface area contributed by atoms with Gasteiger partial charge in [0.15, 0.2) is 6.61 Å². The number of nitrogens with one attached hydrogen (secondary N) is 1. The molecular formula is C16H17BrN2O4S.